The second kappa shape index (κ2) is 5.88. The molecule has 1 atom stereocenters. The molecule has 2 aromatic carbocycles. The monoisotopic (exact) mass is 302 g/mol. The minimum absolute atomic E-state index is 0.0814. The number of rotatable bonds is 4. The predicted octanol–water partition coefficient (Wildman–Crippen LogP) is 4.81. The van der Waals surface area contributed by atoms with Crippen molar-refractivity contribution in [1.29, 1.82) is 0 Å². The Morgan fingerprint density at radius 1 is 1.24 bits per heavy atom. The van der Waals surface area contributed by atoms with Crippen molar-refractivity contribution in [3.63, 3.8) is 0 Å². The van der Waals surface area contributed by atoms with E-state index in [1.165, 1.54) is 11.6 Å². The third-order valence-corrected chi connectivity index (χ3v) is 3.91. The van der Waals surface area contributed by atoms with Gasteiger partial charge in [0.1, 0.15) is 5.82 Å². The highest BCUT2D eigenvalue weighted by Gasteiger charge is 2.08. The van der Waals surface area contributed by atoms with E-state index in [2.05, 4.69) is 10.3 Å². The maximum atomic E-state index is 13.2. The zero-order chi connectivity index (χ0) is 14.8. The van der Waals surface area contributed by atoms with E-state index in [-0.39, 0.29) is 11.9 Å². The number of aromatic amines is 1. The van der Waals surface area contributed by atoms with E-state index in [1.807, 2.05) is 37.4 Å². The van der Waals surface area contributed by atoms with Gasteiger partial charge < -0.3 is 10.3 Å². The Kier molecular flexibility index (Phi) is 3.95. The zero-order valence-corrected chi connectivity index (χ0v) is 12.4. The largest absolute Gasteiger partial charge is 0.361 e. The van der Waals surface area contributed by atoms with Crippen LogP contribution in [0.1, 0.15) is 24.1 Å². The van der Waals surface area contributed by atoms with Crippen LogP contribution in [0.4, 0.5) is 4.39 Å². The zero-order valence-electron chi connectivity index (χ0n) is 11.7. The Labute approximate surface area is 127 Å². The molecule has 0 radical (unpaired) electrons. The molecule has 2 N–H and O–H groups in total. The van der Waals surface area contributed by atoms with Crippen molar-refractivity contribution in [2.75, 3.05) is 0 Å². The third kappa shape index (κ3) is 3.09. The molecule has 1 aromatic heterocycles. The Morgan fingerprint density at radius 3 is 2.90 bits per heavy atom. The molecule has 0 amide bonds. The summed E-state index contributed by atoms with van der Waals surface area (Å²) >= 11 is 5.98. The average molecular weight is 303 g/mol. The Morgan fingerprint density at radius 2 is 2.10 bits per heavy atom. The minimum atomic E-state index is -0.206. The van der Waals surface area contributed by atoms with Gasteiger partial charge in [0.05, 0.1) is 0 Å². The maximum Gasteiger partial charge on any atom is 0.123 e. The molecule has 21 heavy (non-hydrogen) atoms. The van der Waals surface area contributed by atoms with E-state index in [0.717, 1.165) is 21.5 Å². The summed E-state index contributed by atoms with van der Waals surface area (Å²) in [6, 6.07) is 12.6. The van der Waals surface area contributed by atoms with Gasteiger partial charge in [-0.05, 0) is 42.3 Å². The first kappa shape index (κ1) is 14.1. The fourth-order valence-corrected chi connectivity index (χ4v) is 2.63. The molecular weight excluding hydrogens is 287 g/mol. The van der Waals surface area contributed by atoms with Gasteiger partial charge in [0.15, 0.2) is 0 Å². The lowest BCUT2D eigenvalue weighted by atomic mass is 10.1. The molecule has 2 nitrogen and oxygen atoms in total. The molecule has 108 valence electrons. The molecule has 0 spiro atoms. The number of aromatic nitrogens is 1. The molecule has 0 aliphatic carbocycles. The summed E-state index contributed by atoms with van der Waals surface area (Å²) in [7, 11) is 0. The van der Waals surface area contributed by atoms with Crippen molar-refractivity contribution >= 4 is 22.5 Å². The van der Waals surface area contributed by atoms with Crippen LogP contribution in [-0.4, -0.2) is 4.98 Å². The summed E-state index contributed by atoms with van der Waals surface area (Å²) < 4.78 is 13.2. The van der Waals surface area contributed by atoms with Gasteiger partial charge in [-0.2, -0.15) is 0 Å². The van der Waals surface area contributed by atoms with E-state index in [1.54, 1.807) is 12.1 Å². The lowest BCUT2D eigenvalue weighted by Gasteiger charge is -2.14. The van der Waals surface area contributed by atoms with Crippen LogP contribution in [0.15, 0.2) is 48.7 Å². The molecule has 3 aromatic rings. The van der Waals surface area contributed by atoms with Gasteiger partial charge in [0.2, 0.25) is 0 Å². The van der Waals surface area contributed by atoms with Gasteiger partial charge in [-0.15, -0.1) is 0 Å². The van der Waals surface area contributed by atoms with Crippen molar-refractivity contribution in [1.82, 2.24) is 10.3 Å². The SMILES string of the molecule is C[C@H](NCc1c[nH]c2cc(Cl)ccc12)c1cccc(F)c1. The van der Waals surface area contributed by atoms with Gasteiger partial charge >= 0.3 is 0 Å². The van der Waals surface area contributed by atoms with Crippen molar-refractivity contribution in [2.45, 2.75) is 19.5 Å². The lowest BCUT2D eigenvalue weighted by molar-refractivity contribution is 0.566. The molecule has 0 saturated carbocycles. The van der Waals surface area contributed by atoms with Crippen molar-refractivity contribution < 1.29 is 4.39 Å². The molecule has 0 aliphatic rings. The summed E-state index contributed by atoms with van der Waals surface area (Å²) in [5, 5.41) is 5.29. The molecule has 3 rings (SSSR count). The third-order valence-electron chi connectivity index (χ3n) is 3.68. The quantitative estimate of drug-likeness (QED) is 0.711. The number of halogens is 2. The molecular formula is C17H16ClFN2. The fraction of sp³-hybridized carbons (Fsp3) is 0.176. The number of nitrogens with one attached hydrogen (secondary N) is 2. The molecule has 4 heteroatoms. The highest BCUT2D eigenvalue weighted by atomic mass is 35.5. The molecule has 0 bridgehead atoms. The van der Waals surface area contributed by atoms with Crippen LogP contribution in [0.25, 0.3) is 10.9 Å². The number of H-pyrrole nitrogens is 1. The van der Waals surface area contributed by atoms with Crippen LogP contribution >= 0.6 is 11.6 Å². The summed E-state index contributed by atoms with van der Waals surface area (Å²) in [5.41, 5.74) is 3.14. The fourth-order valence-electron chi connectivity index (χ4n) is 2.46. The lowest BCUT2D eigenvalue weighted by Crippen LogP contribution is -2.18. The van der Waals surface area contributed by atoms with Gasteiger partial charge in [0, 0.05) is 34.7 Å². The predicted molar refractivity (Wildman–Crippen MR) is 85.0 cm³/mol. The Bertz CT molecular complexity index is 766. The van der Waals surface area contributed by atoms with Crippen LogP contribution in [0.3, 0.4) is 0 Å². The summed E-state index contributed by atoms with van der Waals surface area (Å²) in [6.45, 7) is 2.74. The van der Waals surface area contributed by atoms with Crippen LogP contribution < -0.4 is 5.32 Å². The van der Waals surface area contributed by atoms with Crippen LogP contribution in [0.5, 0.6) is 0 Å². The van der Waals surface area contributed by atoms with E-state index in [0.29, 0.717) is 6.54 Å². The molecule has 0 saturated heterocycles. The summed E-state index contributed by atoms with van der Waals surface area (Å²) in [6.07, 6.45) is 1.98. The van der Waals surface area contributed by atoms with E-state index in [9.17, 15) is 4.39 Å². The van der Waals surface area contributed by atoms with Gasteiger partial charge in [-0.1, -0.05) is 29.8 Å². The van der Waals surface area contributed by atoms with E-state index in [4.69, 9.17) is 11.6 Å². The normalized spacial score (nSPS) is 12.7. The van der Waals surface area contributed by atoms with Crippen LogP contribution in [-0.2, 0) is 6.54 Å². The Balaban J connectivity index is 1.74. The highest BCUT2D eigenvalue weighted by molar-refractivity contribution is 6.31. The minimum Gasteiger partial charge on any atom is -0.361 e. The number of fused-ring (bicyclic) bond motifs is 1. The highest BCUT2D eigenvalue weighted by Crippen LogP contribution is 2.23. The van der Waals surface area contributed by atoms with Gasteiger partial charge in [0.25, 0.3) is 0 Å². The summed E-state index contributed by atoms with van der Waals surface area (Å²) in [4.78, 5) is 3.22. The molecule has 1 heterocycles. The average Bonchev–Trinajstić information content (AvgIpc) is 2.87. The Hall–Kier alpha value is -1.84. The van der Waals surface area contributed by atoms with Crippen LogP contribution in [0, 0.1) is 5.82 Å². The topological polar surface area (TPSA) is 27.8 Å². The van der Waals surface area contributed by atoms with Crippen molar-refractivity contribution in [2.24, 2.45) is 0 Å². The van der Waals surface area contributed by atoms with E-state index >= 15 is 0 Å². The second-order valence-corrected chi connectivity index (χ2v) is 5.60. The number of benzene rings is 2. The molecule has 0 unspecified atom stereocenters. The maximum absolute atomic E-state index is 13.2. The molecule has 0 aliphatic heterocycles. The van der Waals surface area contributed by atoms with Crippen LogP contribution in [0.2, 0.25) is 5.02 Å². The number of hydrogen-bond donors (Lipinski definition) is 2. The number of hydrogen-bond acceptors (Lipinski definition) is 1. The summed E-state index contributed by atoms with van der Waals surface area (Å²) in [5.74, 6) is -0.206. The van der Waals surface area contributed by atoms with Crippen molar-refractivity contribution in [3.05, 3.63) is 70.6 Å². The smallest absolute Gasteiger partial charge is 0.123 e. The van der Waals surface area contributed by atoms with Crippen molar-refractivity contribution in [3.8, 4) is 0 Å². The second-order valence-electron chi connectivity index (χ2n) is 5.16. The van der Waals surface area contributed by atoms with E-state index < -0.39 is 0 Å². The van der Waals surface area contributed by atoms with Gasteiger partial charge in [-0.25, -0.2) is 4.39 Å². The molecule has 0 fully saturated rings. The first-order chi connectivity index (χ1) is 10.1. The first-order valence-electron chi connectivity index (χ1n) is 6.88. The standard InChI is InChI=1S/C17H16ClFN2/c1-11(12-3-2-4-15(19)7-12)20-9-13-10-21-17-8-14(18)5-6-16(13)17/h2-8,10-11,20-21H,9H2,1H3/t11-/m0/s1. The van der Waals surface area contributed by atoms with Gasteiger partial charge in [-0.3, -0.25) is 0 Å². The first-order valence-corrected chi connectivity index (χ1v) is 7.25.